The first-order chi connectivity index (χ1) is 8.18. The summed E-state index contributed by atoms with van der Waals surface area (Å²) >= 11 is 3.33. The van der Waals surface area contributed by atoms with E-state index in [9.17, 15) is 8.78 Å². The second-order valence-electron chi connectivity index (χ2n) is 4.12. The number of alkyl halides is 2. The Morgan fingerprint density at radius 2 is 1.79 bits per heavy atom. The zero-order valence-corrected chi connectivity index (χ0v) is 13.4. The average Bonchev–Trinajstić information content (AvgIpc) is 2.30. The van der Waals surface area contributed by atoms with Crippen molar-refractivity contribution in [2.45, 2.75) is 12.5 Å². The summed E-state index contributed by atoms with van der Waals surface area (Å²) < 4.78 is 27.3. The minimum absolute atomic E-state index is 0. The number of nitrogens with zero attached hydrogens (tertiary/aromatic N) is 1. The van der Waals surface area contributed by atoms with Crippen molar-refractivity contribution >= 4 is 40.7 Å². The van der Waals surface area contributed by atoms with E-state index in [4.69, 9.17) is 0 Å². The van der Waals surface area contributed by atoms with Crippen molar-refractivity contribution < 1.29 is 8.78 Å². The molecule has 1 aromatic rings. The van der Waals surface area contributed by atoms with Gasteiger partial charge in [0.1, 0.15) is 0 Å². The Balaban J connectivity index is 0.00000162. The molecule has 1 fully saturated rings. The van der Waals surface area contributed by atoms with E-state index in [1.54, 1.807) is 18.2 Å². The number of halogens is 5. The summed E-state index contributed by atoms with van der Waals surface area (Å²) in [5.74, 6) is 0. The predicted molar refractivity (Wildman–Crippen MR) is 81.8 cm³/mol. The van der Waals surface area contributed by atoms with E-state index < -0.39 is 12.5 Å². The fraction of sp³-hybridized carbons (Fsp3) is 0.500. The second-order valence-corrected chi connectivity index (χ2v) is 5.04. The van der Waals surface area contributed by atoms with Gasteiger partial charge in [0.25, 0.3) is 6.43 Å². The van der Waals surface area contributed by atoms with E-state index in [1.165, 1.54) is 0 Å². The number of rotatable bonds is 3. The minimum atomic E-state index is -2.36. The third-order valence-electron chi connectivity index (χ3n) is 2.97. The van der Waals surface area contributed by atoms with Crippen molar-refractivity contribution in [2.24, 2.45) is 0 Å². The Labute approximate surface area is 132 Å². The van der Waals surface area contributed by atoms with Gasteiger partial charge in [-0.2, -0.15) is 0 Å². The zero-order chi connectivity index (χ0) is 12.3. The molecule has 0 bridgehead atoms. The third-order valence-corrected chi connectivity index (χ3v) is 3.47. The van der Waals surface area contributed by atoms with E-state index >= 15 is 0 Å². The normalized spacial score (nSPS) is 17.5. The number of piperazine rings is 1. The minimum Gasteiger partial charge on any atom is -0.314 e. The molecule has 1 aliphatic rings. The molecule has 110 valence electrons. The first kappa shape index (κ1) is 19.1. The molecule has 0 aliphatic carbocycles. The molecule has 0 spiro atoms. The maximum absolute atomic E-state index is 13.2. The molecule has 1 aliphatic heterocycles. The molecule has 1 heterocycles. The molecule has 2 nitrogen and oxygen atoms in total. The third kappa shape index (κ3) is 5.16. The molecule has 1 aromatic carbocycles. The fourth-order valence-corrected chi connectivity index (χ4v) is 2.58. The Hall–Kier alpha value is 0.0600. The second kappa shape index (κ2) is 9.08. The first-order valence-electron chi connectivity index (χ1n) is 5.67. The van der Waals surface area contributed by atoms with Gasteiger partial charge in [-0.25, -0.2) is 8.78 Å². The molecule has 1 saturated heterocycles. The van der Waals surface area contributed by atoms with Crippen LogP contribution in [0.3, 0.4) is 0 Å². The van der Waals surface area contributed by atoms with Crippen LogP contribution >= 0.6 is 40.7 Å². The molecule has 2 rings (SSSR count). The van der Waals surface area contributed by atoms with E-state index in [1.807, 2.05) is 11.0 Å². The lowest BCUT2D eigenvalue weighted by atomic mass is 10.1. The lowest BCUT2D eigenvalue weighted by Crippen LogP contribution is -2.46. The van der Waals surface area contributed by atoms with Gasteiger partial charge in [-0.05, 0) is 17.7 Å². The molecule has 1 N–H and O–H groups in total. The highest BCUT2D eigenvalue weighted by atomic mass is 79.9. The van der Waals surface area contributed by atoms with Crippen molar-refractivity contribution in [1.29, 1.82) is 0 Å². The summed E-state index contributed by atoms with van der Waals surface area (Å²) in [6.45, 7) is 2.89. The predicted octanol–water partition coefficient (Wildman–Crippen LogP) is 3.50. The summed E-state index contributed by atoms with van der Waals surface area (Å²) in [5, 5.41) is 3.18. The quantitative estimate of drug-likeness (QED) is 0.867. The van der Waals surface area contributed by atoms with Crippen molar-refractivity contribution in [3.8, 4) is 0 Å². The van der Waals surface area contributed by atoms with Gasteiger partial charge in [0.2, 0.25) is 0 Å². The van der Waals surface area contributed by atoms with Crippen molar-refractivity contribution in [3.05, 3.63) is 34.3 Å². The highest BCUT2D eigenvalue weighted by Crippen LogP contribution is 2.29. The Bertz CT molecular complexity index is 377. The van der Waals surface area contributed by atoms with E-state index in [0.717, 1.165) is 17.6 Å². The van der Waals surface area contributed by atoms with Crippen LogP contribution < -0.4 is 5.32 Å². The van der Waals surface area contributed by atoms with Gasteiger partial charge in [-0.15, -0.1) is 24.8 Å². The average molecular weight is 378 g/mol. The van der Waals surface area contributed by atoms with Crippen LogP contribution in [0.25, 0.3) is 0 Å². The van der Waals surface area contributed by atoms with Gasteiger partial charge in [0.05, 0.1) is 6.04 Å². The van der Waals surface area contributed by atoms with Gasteiger partial charge >= 0.3 is 0 Å². The van der Waals surface area contributed by atoms with E-state index in [0.29, 0.717) is 18.7 Å². The summed E-state index contributed by atoms with van der Waals surface area (Å²) in [5.41, 5.74) is 0.677. The smallest absolute Gasteiger partial charge is 0.258 e. The lowest BCUT2D eigenvalue weighted by Gasteiger charge is -2.34. The molecule has 0 unspecified atom stereocenters. The number of nitrogens with one attached hydrogen (secondary N) is 1. The van der Waals surface area contributed by atoms with Crippen LogP contribution in [0.1, 0.15) is 11.6 Å². The molecule has 19 heavy (non-hydrogen) atoms. The molecule has 0 amide bonds. The van der Waals surface area contributed by atoms with Crippen LogP contribution in [-0.2, 0) is 0 Å². The van der Waals surface area contributed by atoms with Gasteiger partial charge < -0.3 is 5.32 Å². The van der Waals surface area contributed by atoms with Gasteiger partial charge in [-0.3, -0.25) is 4.90 Å². The van der Waals surface area contributed by atoms with Crippen LogP contribution in [0.4, 0.5) is 8.78 Å². The summed E-state index contributed by atoms with van der Waals surface area (Å²) in [4.78, 5) is 1.85. The van der Waals surface area contributed by atoms with E-state index in [-0.39, 0.29) is 24.8 Å². The van der Waals surface area contributed by atoms with Crippen LogP contribution in [0.5, 0.6) is 0 Å². The first-order valence-corrected chi connectivity index (χ1v) is 6.46. The monoisotopic (exact) mass is 376 g/mol. The zero-order valence-electron chi connectivity index (χ0n) is 10.2. The van der Waals surface area contributed by atoms with Crippen molar-refractivity contribution in [2.75, 3.05) is 26.2 Å². The largest absolute Gasteiger partial charge is 0.314 e. The summed E-state index contributed by atoms with van der Waals surface area (Å²) in [7, 11) is 0. The maximum atomic E-state index is 13.2. The van der Waals surface area contributed by atoms with Crippen LogP contribution in [0.15, 0.2) is 28.7 Å². The topological polar surface area (TPSA) is 15.3 Å². The Kier molecular flexibility index (Phi) is 9.11. The summed E-state index contributed by atoms with van der Waals surface area (Å²) in [6.07, 6.45) is -2.36. The van der Waals surface area contributed by atoms with Gasteiger partial charge in [-0.1, -0.05) is 28.1 Å². The fourth-order valence-electron chi connectivity index (χ4n) is 2.17. The SMILES string of the molecule is Cl.Cl.FC(F)[C@H](c1cccc(Br)c1)N1CCNCC1. The number of hydrogen-bond donors (Lipinski definition) is 1. The van der Waals surface area contributed by atoms with Crippen LogP contribution in [0.2, 0.25) is 0 Å². The van der Waals surface area contributed by atoms with Crippen LogP contribution in [0, 0.1) is 0 Å². The molecule has 0 radical (unpaired) electrons. The van der Waals surface area contributed by atoms with Crippen LogP contribution in [-0.4, -0.2) is 37.5 Å². The van der Waals surface area contributed by atoms with Gasteiger partial charge in [0.15, 0.2) is 0 Å². The summed E-state index contributed by atoms with van der Waals surface area (Å²) in [6, 6.07) is 6.40. The Morgan fingerprint density at radius 1 is 1.16 bits per heavy atom. The Morgan fingerprint density at radius 3 is 2.32 bits per heavy atom. The molecular formula is C12H17BrCl2F2N2. The lowest BCUT2D eigenvalue weighted by molar-refractivity contribution is 0.0181. The standard InChI is InChI=1S/C12H15BrF2N2.2ClH/c13-10-3-1-2-9(8-10)11(12(14)15)17-6-4-16-5-7-17;;/h1-3,8,11-12,16H,4-7H2;2*1H/t11-;;/m0../s1. The number of benzene rings is 1. The molecule has 7 heteroatoms. The van der Waals surface area contributed by atoms with Crippen molar-refractivity contribution in [3.63, 3.8) is 0 Å². The van der Waals surface area contributed by atoms with Crippen molar-refractivity contribution in [1.82, 2.24) is 10.2 Å². The highest BCUT2D eigenvalue weighted by molar-refractivity contribution is 9.10. The molecular weight excluding hydrogens is 361 g/mol. The molecule has 0 saturated carbocycles. The number of hydrogen-bond acceptors (Lipinski definition) is 2. The molecule has 1 atom stereocenters. The highest BCUT2D eigenvalue weighted by Gasteiger charge is 2.29. The molecule has 0 aromatic heterocycles. The van der Waals surface area contributed by atoms with Gasteiger partial charge in [0, 0.05) is 30.7 Å². The van der Waals surface area contributed by atoms with E-state index in [2.05, 4.69) is 21.2 Å². The maximum Gasteiger partial charge on any atom is 0.258 e.